The molecule has 0 bridgehead atoms. The molecule has 0 amide bonds. The van der Waals surface area contributed by atoms with E-state index < -0.39 is 0 Å². The molecule has 0 spiro atoms. The van der Waals surface area contributed by atoms with Crippen molar-refractivity contribution in [2.75, 3.05) is 25.0 Å². The highest BCUT2D eigenvalue weighted by atomic mass is 32.1. The SMILES string of the molecule is Cc1cc2c(NCC(c3ccco3)N3CCCCC3)ncnc2s1. The van der Waals surface area contributed by atoms with Crippen LogP contribution < -0.4 is 5.32 Å². The van der Waals surface area contributed by atoms with Crippen molar-refractivity contribution in [2.24, 2.45) is 0 Å². The van der Waals surface area contributed by atoms with Gasteiger partial charge in [-0.25, -0.2) is 9.97 Å². The van der Waals surface area contributed by atoms with Gasteiger partial charge in [0.15, 0.2) is 0 Å². The lowest BCUT2D eigenvalue weighted by Crippen LogP contribution is -2.37. The van der Waals surface area contributed by atoms with Crippen LogP contribution in [-0.4, -0.2) is 34.5 Å². The second-order valence-corrected chi connectivity index (χ2v) is 7.54. The van der Waals surface area contributed by atoms with E-state index in [4.69, 9.17) is 4.42 Å². The maximum absolute atomic E-state index is 5.72. The van der Waals surface area contributed by atoms with E-state index in [0.29, 0.717) is 0 Å². The van der Waals surface area contributed by atoms with Gasteiger partial charge in [-0.2, -0.15) is 0 Å². The Balaban J connectivity index is 1.56. The van der Waals surface area contributed by atoms with Crippen molar-refractivity contribution in [3.8, 4) is 0 Å². The minimum Gasteiger partial charge on any atom is -0.468 e. The molecule has 4 rings (SSSR count). The molecule has 24 heavy (non-hydrogen) atoms. The standard InChI is InChI=1S/C18H22N4OS/c1-13-10-14-17(20-12-21-18(14)24-13)19-11-15(16-6-5-9-23-16)22-7-3-2-4-8-22/h5-6,9-10,12,15H,2-4,7-8,11H2,1H3,(H,19,20,21). The lowest BCUT2D eigenvalue weighted by Gasteiger charge is -2.33. The number of fused-ring (bicyclic) bond motifs is 1. The molecule has 3 aromatic rings. The molecule has 0 radical (unpaired) electrons. The van der Waals surface area contributed by atoms with Crippen LogP contribution in [0.4, 0.5) is 5.82 Å². The first kappa shape index (κ1) is 15.6. The molecule has 1 unspecified atom stereocenters. The number of nitrogens with zero attached hydrogens (tertiary/aromatic N) is 3. The summed E-state index contributed by atoms with van der Waals surface area (Å²) in [5.74, 6) is 1.94. The number of aryl methyl sites for hydroxylation is 1. The molecule has 3 aromatic heterocycles. The smallest absolute Gasteiger partial charge is 0.138 e. The molecule has 1 saturated heterocycles. The van der Waals surface area contributed by atoms with E-state index in [9.17, 15) is 0 Å². The Morgan fingerprint density at radius 1 is 1.29 bits per heavy atom. The Hall–Kier alpha value is -1.92. The fraction of sp³-hybridized carbons (Fsp3) is 0.444. The number of hydrogen-bond donors (Lipinski definition) is 1. The highest BCUT2D eigenvalue weighted by molar-refractivity contribution is 7.18. The van der Waals surface area contributed by atoms with Gasteiger partial charge in [0, 0.05) is 11.4 Å². The predicted molar refractivity (Wildman–Crippen MR) is 97.5 cm³/mol. The van der Waals surface area contributed by atoms with Crippen LogP contribution in [0.25, 0.3) is 10.2 Å². The van der Waals surface area contributed by atoms with Crippen molar-refractivity contribution in [3.63, 3.8) is 0 Å². The molecule has 1 aliphatic heterocycles. The van der Waals surface area contributed by atoms with Gasteiger partial charge in [-0.1, -0.05) is 6.42 Å². The average Bonchev–Trinajstić information content (AvgIpc) is 3.25. The summed E-state index contributed by atoms with van der Waals surface area (Å²) in [5.41, 5.74) is 0. The number of likely N-dealkylation sites (tertiary alicyclic amines) is 1. The van der Waals surface area contributed by atoms with Gasteiger partial charge in [0.05, 0.1) is 17.7 Å². The van der Waals surface area contributed by atoms with Crippen LogP contribution in [0.5, 0.6) is 0 Å². The summed E-state index contributed by atoms with van der Waals surface area (Å²) in [6.45, 7) is 5.15. The predicted octanol–water partition coefficient (Wildman–Crippen LogP) is 4.23. The lowest BCUT2D eigenvalue weighted by molar-refractivity contribution is 0.153. The topological polar surface area (TPSA) is 54.2 Å². The summed E-state index contributed by atoms with van der Waals surface area (Å²) >= 11 is 1.71. The minimum absolute atomic E-state index is 0.241. The van der Waals surface area contributed by atoms with Gasteiger partial charge >= 0.3 is 0 Å². The first-order chi connectivity index (χ1) is 11.8. The molecular formula is C18H22N4OS. The van der Waals surface area contributed by atoms with E-state index in [1.54, 1.807) is 23.9 Å². The monoisotopic (exact) mass is 342 g/mol. The maximum atomic E-state index is 5.72. The first-order valence-electron chi connectivity index (χ1n) is 8.54. The van der Waals surface area contributed by atoms with Crippen LogP contribution in [0.1, 0.15) is 35.9 Å². The Morgan fingerprint density at radius 3 is 2.96 bits per heavy atom. The van der Waals surface area contributed by atoms with Gasteiger partial charge in [-0.3, -0.25) is 4.90 Å². The molecule has 0 aromatic carbocycles. The molecule has 6 heteroatoms. The Morgan fingerprint density at radius 2 is 2.17 bits per heavy atom. The third-order valence-electron chi connectivity index (χ3n) is 4.62. The molecule has 1 aliphatic rings. The summed E-state index contributed by atoms with van der Waals surface area (Å²) in [5, 5.41) is 4.65. The van der Waals surface area contributed by atoms with Crippen molar-refractivity contribution in [1.82, 2.24) is 14.9 Å². The van der Waals surface area contributed by atoms with Crippen molar-refractivity contribution in [1.29, 1.82) is 0 Å². The highest BCUT2D eigenvalue weighted by Crippen LogP contribution is 2.29. The van der Waals surface area contributed by atoms with E-state index in [1.165, 1.54) is 24.1 Å². The van der Waals surface area contributed by atoms with Gasteiger partial charge in [0.1, 0.15) is 22.7 Å². The first-order valence-corrected chi connectivity index (χ1v) is 9.35. The number of aromatic nitrogens is 2. The molecule has 0 aliphatic carbocycles. The second kappa shape index (κ2) is 6.91. The Bertz CT molecular complexity index is 793. The normalized spacial score (nSPS) is 17.2. The second-order valence-electron chi connectivity index (χ2n) is 6.31. The number of thiophene rings is 1. The van der Waals surface area contributed by atoms with E-state index in [2.05, 4.69) is 39.2 Å². The number of hydrogen-bond acceptors (Lipinski definition) is 6. The zero-order chi connectivity index (χ0) is 16.4. The van der Waals surface area contributed by atoms with Crippen LogP contribution in [0.2, 0.25) is 0 Å². The summed E-state index contributed by atoms with van der Waals surface area (Å²) in [4.78, 5) is 13.6. The number of furan rings is 1. The molecule has 126 valence electrons. The fourth-order valence-electron chi connectivity index (χ4n) is 3.43. The van der Waals surface area contributed by atoms with Gasteiger partial charge < -0.3 is 9.73 Å². The molecular weight excluding hydrogens is 320 g/mol. The van der Waals surface area contributed by atoms with Crippen molar-refractivity contribution in [3.05, 3.63) is 41.4 Å². The largest absolute Gasteiger partial charge is 0.468 e. The molecule has 1 N–H and O–H groups in total. The number of rotatable bonds is 5. The van der Waals surface area contributed by atoms with Crippen LogP contribution in [0.15, 0.2) is 35.2 Å². The van der Waals surface area contributed by atoms with Gasteiger partial charge in [-0.15, -0.1) is 11.3 Å². The molecule has 1 fully saturated rings. The maximum Gasteiger partial charge on any atom is 0.138 e. The third kappa shape index (κ3) is 3.16. The zero-order valence-corrected chi connectivity index (χ0v) is 14.7. The van der Waals surface area contributed by atoms with E-state index in [0.717, 1.165) is 41.4 Å². The van der Waals surface area contributed by atoms with Crippen molar-refractivity contribution >= 4 is 27.4 Å². The van der Waals surface area contributed by atoms with Gasteiger partial charge in [-0.05, 0) is 51.1 Å². The minimum atomic E-state index is 0.241. The average molecular weight is 342 g/mol. The number of anilines is 1. The van der Waals surface area contributed by atoms with E-state index in [-0.39, 0.29) is 6.04 Å². The fourth-order valence-corrected chi connectivity index (χ4v) is 4.28. The Kier molecular flexibility index (Phi) is 4.49. The summed E-state index contributed by atoms with van der Waals surface area (Å²) in [7, 11) is 0. The number of piperidine rings is 1. The lowest BCUT2D eigenvalue weighted by atomic mass is 10.1. The highest BCUT2D eigenvalue weighted by Gasteiger charge is 2.24. The van der Waals surface area contributed by atoms with Crippen LogP contribution in [-0.2, 0) is 0 Å². The molecule has 0 saturated carbocycles. The summed E-state index contributed by atoms with van der Waals surface area (Å²) < 4.78 is 5.72. The molecule has 4 heterocycles. The summed E-state index contributed by atoms with van der Waals surface area (Å²) in [6.07, 6.45) is 7.26. The number of nitrogens with one attached hydrogen (secondary N) is 1. The quantitative estimate of drug-likeness (QED) is 0.752. The van der Waals surface area contributed by atoms with Gasteiger partial charge in [0.2, 0.25) is 0 Å². The zero-order valence-electron chi connectivity index (χ0n) is 13.9. The van der Waals surface area contributed by atoms with Gasteiger partial charge in [0.25, 0.3) is 0 Å². The van der Waals surface area contributed by atoms with E-state index >= 15 is 0 Å². The van der Waals surface area contributed by atoms with E-state index in [1.807, 2.05) is 6.07 Å². The Labute approximate surface area is 145 Å². The van der Waals surface area contributed by atoms with Crippen molar-refractivity contribution in [2.45, 2.75) is 32.2 Å². The molecule has 1 atom stereocenters. The van der Waals surface area contributed by atoms with Crippen LogP contribution >= 0.6 is 11.3 Å². The molecule has 5 nitrogen and oxygen atoms in total. The summed E-state index contributed by atoms with van der Waals surface area (Å²) in [6, 6.07) is 6.44. The van der Waals surface area contributed by atoms with Crippen molar-refractivity contribution < 1.29 is 4.42 Å². The van der Waals surface area contributed by atoms with Crippen LogP contribution in [0.3, 0.4) is 0 Å². The third-order valence-corrected chi connectivity index (χ3v) is 5.58. The van der Waals surface area contributed by atoms with Crippen LogP contribution in [0, 0.1) is 6.92 Å².